The van der Waals surface area contributed by atoms with Gasteiger partial charge in [-0.25, -0.2) is 9.79 Å². The molecule has 1 aliphatic rings. The van der Waals surface area contributed by atoms with Crippen LogP contribution < -0.4 is 4.74 Å². The third-order valence-electron chi connectivity index (χ3n) is 4.91. The summed E-state index contributed by atoms with van der Waals surface area (Å²) in [5.74, 6) is 0.116. The molecule has 0 spiro atoms. The third kappa shape index (κ3) is 5.29. The predicted octanol–water partition coefficient (Wildman–Crippen LogP) is 7.11. The van der Waals surface area contributed by atoms with Crippen LogP contribution in [0.1, 0.15) is 22.3 Å². The molecule has 0 amide bonds. The Balaban J connectivity index is 1.57. The lowest BCUT2D eigenvalue weighted by molar-refractivity contribution is -0.385. The number of hydrogen-bond donors (Lipinski definition) is 0. The Morgan fingerprint density at radius 2 is 1.76 bits per heavy atom. The molecule has 0 aromatic heterocycles. The van der Waals surface area contributed by atoms with Crippen molar-refractivity contribution in [1.29, 1.82) is 0 Å². The second-order valence-corrected chi connectivity index (χ2v) is 9.85. The van der Waals surface area contributed by atoms with E-state index in [1.807, 2.05) is 36.4 Å². The first kappa shape index (κ1) is 24.3. The number of carbonyl (C=O) groups excluding carboxylic acids is 1. The first-order valence-electron chi connectivity index (χ1n) is 9.86. The number of nitrogens with zero attached hydrogens (tertiary/aromatic N) is 2. The third-order valence-corrected chi connectivity index (χ3v) is 6.87. The number of cyclic esters (lactones) is 1. The van der Waals surface area contributed by atoms with Crippen LogP contribution in [0.15, 0.2) is 78.7 Å². The molecule has 0 fully saturated rings. The molecule has 0 saturated carbocycles. The van der Waals surface area contributed by atoms with Crippen molar-refractivity contribution < 1.29 is 19.2 Å². The van der Waals surface area contributed by atoms with Crippen molar-refractivity contribution in [3.63, 3.8) is 0 Å². The maximum atomic E-state index is 12.4. The lowest BCUT2D eigenvalue weighted by Gasteiger charge is -2.12. The lowest BCUT2D eigenvalue weighted by atomic mass is 10.1. The molecule has 0 bridgehead atoms. The second-order valence-electron chi connectivity index (χ2n) is 7.29. The lowest BCUT2D eigenvalue weighted by Crippen LogP contribution is -2.06. The van der Waals surface area contributed by atoms with Crippen LogP contribution in [0.25, 0.3) is 6.08 Å². The molecule has 1 aliphatic heterocycles. The normalized spacial score (nSPS) is 14.2. The minimum atomic E-state index is -0.604. The number of hydrogen-bond acceptors (Lipinski definition) is 6. The summed E-state index contributed by atoms with van der Waals surface area (Å²) in [6, 6.07) is 15.9. The van der Waals surface area contributed by atoms with Crippen LogP contribution in [0.3, 0.4) is 0 Å². The molecule has 3 aromatic rings. The summed E-state index contributed by atoms with van der Waals surface area (Å²) in [7, 11) is 0. The summed E-state index contributed by atoms with van der Waals surface area (Å²) in [5, 5.41) is 11.0. The van der Waals surface area contributed by atoms with Gasteiger partial charge in [-0.05, 0) is 80.8 Å². The largest absolute Gasteiger partial charge is 0.486 e. The molecule has 4 rings (SSSR count). The fraction of sp³-hybridized carbons (Fsp3) is 0.0833. The Kier molecular flexibility index (Phi) is 7.30. The van der Waals surface area contributed by atoms with Crippen LogP contribution in [0.2, 0.25) is 0 Å². The van der Waals surface area contributed by atoms with Gasteiger partial charge in [0.25, 0.3) is 5.69 Å². The molecule has 0 atom stereocenters. The number of esters is 1. The van der Waals surface area contributed by atoms with E-state index in [0.717, 1.165) is 10.0 Å². The van der Waals surface area contributed by atoms with Gasteiger partial charge in [0.15, 0.2) is 5.70 Å². The Labute approximate surface area is 220 Å². The zero-order valence-electron chi connectivity index (χ0n) is 17.6. The molecule has 34 heavy (non-hydrogen) atoms. The molecular formula is C24H15Br3N2O5. The summed E-state index contributed by atoms with van der Waals surface area (Å²) in [4.78, 5) is 27.2. The highest BCUT2D eigenvalue weighted by Gasteiger charge is 2.25. The molecule has 1 heterocycles. The highest BCUT2D eigenvalue weighted by Crippen LogP contribution is 2.36. The maximum Gasteiger partial charge on any atom is 0.363 e. The van der Waals surface area contributed by atoms with E-state index in [1.54, 1.807) is 19.1 Å². The van der Waals surface area contributed by atoms with Gasteiger partial charge in [0.1, 0.15) is 12.4 Å². The van der Waals surface area contributed by atoms with Gasteiger partial charge < -0.3 is 9.47 Å². The van der Waals surface area contributed by atoms with Gasteiger partial charge in [0, 0.05) is 27.2 Å². The van der Waals surface area contributed by atoms with Gasteiger partial charge >= 0.3 is 5.97 Å². The number of aryl methyl sites for hydroxylation is 1. The van der Waals surface area contributed by atoms with Crippen molar-refractivity contribution in [3.8, 4) is 5.75 Å². The monoisotopic (exact) mass is 648 g/mol. The van der Waals surface area contributed by atoms with Crippen molar-refractivity contribution in [2.45, 2.75) is 13.5 Å². The predicted molar refractivity (Wildman–Crippen MR) is 139 cm³/mol. The zero-order valence-corrected chi connectivity index (χ0v) is 22.3. The van der Waals surface area contributed by atoms with Crippen LogP contribution in [-0.4, -0.2) is 16.8 Å². The first-order valence-corrected chi connectivity index (χ1v) is 12.2. The van der Waals surface area contributed by atoms with Gasteiger partial charge in [0.2, 0.25) is 5.90 Å². The molecule has 10 heteroatoms. The molecular weight excluding hydrogens is 636 g/mol. The Hall–Kier alpha value is -2.82. The van der Waals surface area contributed by atoms with Crippen molar-refractivity contribution in [2.75, 3.05) is 0 Å². The summed E-state index contributed by atoms with van der Waals surface area (Å²) < 4.78 is 13.6. The maximum absolute atomic E-state index is 12.4. The first-order chi connectivity index (χ1) is 16.2. The summed E-state index contributed by atoms with van der Waals surface area (Å²) in [6.07, 6.45) is 1.60. The summed E-state index contributed by atoms with van der Waals surface area (Å²) in [6.45, 7) is 1.98. The fourth-order valence-corrected chi connectivity index (χ4v) is 5.10. The molecule has 0 aliphatic carbocycles. The molecule has 0 N–H and O–H groups in total. The molecule has 0 saturated heterocycles. The van der Waals surface area contributed by atoms with Crippen LogP contribution in [0.5, 0.6) is 5.75 Å². The van der Waals surface area contributed by atoms with E-state index in [4.69, 9.17) is 9.47 Å². The summed E-state index contributed by atoms with van der Waals surface area (Å²) in [5.41, 5.74) is 2.74. The minimum Gasteiger partial charge on any atom is -0.486 e. The number of nitro groups is 1. The Morgan fingerprint density at radius 3 is 2.41 bits per heavy atom. The molecule has 172 valence electrons. The van der Waals surface area contributed by atoms with Gasteiger partial charge in [-0.1, -0.05) is 34.1 Å². The number of rotatable bonds is 6. The van der Waals surface area contributed by atoms with E-state index in [-0.39, 0.29) is 17.3 Å². The van der Waals surface area contributed by atoms with E-state index in [1.165, 1.54) is 12.1 Å². The number of ether oxygens (including phenoxy) is 2. The van der Waals surface area contributed by atoms with Gasteiger partial charge in [-0.15, -0.1) is 0 Å². The smallest absolute Gasteiger partial charge is 0.363 e. The number of aliphatic imine (C=N–C) groups is 1. The van der Waals surface area contributed by atoms with E-state index >= 15 is 0 Å². The summed E-state index contributed by atoms with van der Waals surface area (Å²) >= 11 is 10.6. The number of benzene rings is 3. The quantitative estimate of drug-likeness (QED) is 0.123. The highest BCUT2D eigenvalue weighted by molar-refractivity contribution is 9.11. The molecule has 0 unspecified atom stereocenters. The Bertz CT molecular complexity index is 1360. The van der Waals surface area contributed by atoms with Crippen LogP contribution in [-0.2, 0) is 16.1 Å². The topological polar surface area (TPSA) is 91.0 Å². The van der Waals surface area contributed by atoms with Gasteiger partial charge in [-0.3, -0.25) is 10.1 Å². The van der Waals surface area contributed by atoms with E-state index in [2.05, 4.69) is 52.8 Å². The van der Waals surface area contributed by atoms with Crippen molar-refractivity contribution in [2.24, 2.45) is 4.99 Å². The highest BCUT2D eigenvalue weighted by atomic mass is 79.9. The minimum absolute atomic E-state index is 0.0129. The van der Waals surface area contributed by atoms with Crippen LogP contribution in [0, 0.1) is 17.0 Å². The SMILES string of the molecule is Cc1cc(C2=N/C(=C\c3cc(Br)c(OCc4ccccc4Br)c(Br)c3)C(=O)O2)ccc1[N+](=O)[O-]. The van der Waals surface area contributed by atoms with Gasteiger partial charge in [-0.2, -0.15) is 0 Å². The zero-order chi connectivity index (χ0) is 24.4. The Morgan fingerprint density at radius 1 is 1.06 bits per heavy atom. The number of halogens is 3. The number of carbonyl (C=O) groups is 1. The van der Waals surface area contributed by atoms with Crippen molar-refractivity contribution >= 4 is 71.4 Å². The van der Waals surface area contributed by atoms with E-state index in [0.29, 0.717) is 38.0 Å². The molecule has 0 radical (unpaired) electrons. The van der Waals surface area contributed by atoms with Crippen LogP contribution >= 0.6 is 47.8 Å². The van der Waals surface area contributed by atoms with E-state index < -0.39 is 10.9 Å². The van der Waals surface area contributed by atoms with Crippen molar-refractivity contribution in [1.82, 2.24) is 0 Å². The van der Waals surface area contributed by atoms with Crippen molar-refractivity contribution in [3.05, 3.63) is 106 Å². The average Bonchev–Trinajstić information content (AvgIpc) is 3.14. The van der Waals surface area contributed by atoms with E-state index in [9.17, 15) is 14.9 Å². The van der Waals surface area contributed by atoms with Gasteiger partial charge in [0.05, 0.1) is 13.9 Å². The average molecular weight is 651 g/mol. The number of nitro benzene ring substituents is 1. The molecule has 7 nitrogen and oxygen atoms in total. The fourth-order valence-electron chi connectivity index (χ4n) is 3.25. The standard InChI is InChI=1S/C24H15Br3N2O5/c1-13-8-15(6-7-21(13)29(31)32)23-28-20(24(30)34-23)11-14-9-18(26)22(19(27)10-14)33-12-16-4-2-3-5-17(16)25/h2-11H,12H2,1H3/b20-11-. The molecule has 3 aromatic carbocycles. The second kappa shape index (κ2) is 10.2. The van der Waals surface area contributed by atoms with Crippen LogP contribution in [0.4, 0.5) is 5.69 Å².